The van der Waals surface area contributed by atoms with Gasteiger partial charge in [-0.15, -0.1) is 0 Å². The first-order valence-corrected chi connectivity index (χ1v) is 6.17. The number of aryl methyl sites for hydroxylation is 3. The highest BCUT2D eigenvalue weighted by atomic mass is 15.3. The Labute approximate surface area is 106 Å². The molecule has 0 aliphatic rings. The largest absolute Gasteiger partial charge is 0.298 e. The van der Waals surface area contributed by atoms with Crippen LogP contribution in [-0.4, -0.2) is 19.2 Å². The maximum atomic E-state index is 4.51. The molecule has 3 aromatic heterocycles. The Morgan fingerprint density at radius 1 is 1.11 bits per heavy atom. The summed E-state index contributed by atoms with van der Waals surface area (Å²) in [5.74, 6) is 0. The molecule has 0 spiro atoms. The zero-order valence-corrected chi connectivity index (χ0v) is 10.9. The Balaban J connectivity index is 2.33. The number of pyridine rings is 1. The zero-order chi connectivity index (χ0) is 12.7. The molecule has 0 saturated heterocycles. The maximum Gasteiger partial charge on any atom is 0.137 e. The fraction of sp³-hybridized carbons (Fsp3) is 0.286. The van der Waals surface area contributed by atoms with Gasteiger partial charge in [0, 0.05) is 18.9 Å². The third-order valence-corrected chi connectivity index (χ3v) is 3.11. The molecule has 3 aromatic rings. The van der Waals surface area contributed by atoms with Gasteiger partial charge in [-0.1, -0.05) is 0 Å². The average Bonchev–Trinajstić information content (AvgIpc) is 2.93. The fourth-order valence-corrected chi connectivity index (χ4v) is 2.35. The number of rotatable bonds is 2. The van der Waals surface area contributed by atoms with Gasteiger partial charge in [-0.25, -0.2) is 4.98 Å². The van der Waals surface area contributed by atoms with Crippen LogP contribution in [0.15, 0.2) is 30.6 Å². The molecule has 0 N–H and O–H groups in total. The molecule has 3 rings (SSSR count). The molecule has 0 saturated carbocycles. The van der Waals surface area contributed by atoms with Gasteiger partial charge in [0.15, 0.2) is 0 Å². The molecule has 0 fully saturated rings. The van der Waals surface area contributed by atoms with Crippen molar-refractivity contribution in [2.75, 3.05) is 0 Å². The average molecular weight is 240 g/mol. The minimum absolute atomic E-state index is 0.868. The molecular formula is C14H16N4. The number of imidazole rings is 1. The van der Waals surface area contributed by atoms with Crippen molar-refractivity contribution in [3.63, 3.8) is 0 Å². The summed E-state index contributed by atoms with van der Waals surface area (Å²) in [6.45, 7) is 7.10. The number of hydrogen-bond donors (Lipinski definition) is 0. The molecule has 3 heterocycles. The van der Waals surface area contributed by atoms with E-state index in [1.165, 1.54) is 5.56 Å². The van der Waals surface area contributed by atoms with Crippen LogP contribution in [0.3, 0.4) is 0 Å². The van der Waals surface area contributed by atoms with Crippen molar-refractivity contribution in [3.05, 3.63) is 41.9 Å². The van der Waals surface area contributed by atoms with Gasteiger partial charge in [0.25, 0.3) is 0 Å². The Hall–Kier alpha value is -2.10. The summed E-state index contributed by atoms with van der Waals surface area (Å²) < 4.78 is 4.14. The predicted octanol–water partition coefficient (Wildman–Crippen LogP) is 2.83. The van der Waals surface area contributed by atoms with E-state index in [1.54, 1.807) is 0 Å². The third-order valence-electron chi connectivity index (χ3n) is 3.11. The zero-order valence-electron chi connectivity index (χ0n) is 10.9. The van der Waals surface area contributed by atoms with Crippen LogP contribution < -0.4 is 0 Å². The standard InChI is InChI=1S/C14H16N4/c1-4-18-13(9-11(3)16-18)12-7-10(2)8-14-15-5-6-17(12)14/h5-9H,4H2,1-3H3. The Morgan fingerprint density at radius 3 is 2.72 bits per heavy atom. The first-order chi connectivity index (χ1) is 8.69. The molecule has 0 bridgehead atoms. The minimum Gasteiger partial charge on any atom is -0.298 e. The van der Waals surface area contributed by atoms with E-state index in [-0.39, 0.29) is 0 Å². The first kappa shape index (κ1) is 11.0. The summed E-state index contributed by atoms with van der Waals surface area (Å²) in [6.07, 6.45) is 3.82. The van der Waals surface area contributed by atoms with Gasteiger partial charge in [-0.2, -0.15) is 5.10 Å². The molecular weight excluding hydrogens is 224 g/mol. The lowest BCUT2D eigenvalue weighted by Gasteiger charge is -2.08. The Bertz CT molecular complexity index is 706. The van der Waals surface area contributed by atoms with Crippen LogP contribution in [-0.2, 0) is 6.54 Å². The molecule has 18 heavy (non-hydrogen) atoms. The Morgan fingerprint density at radius 2 is 1.94 bits per heavy atom. The van der Waals surface area contributed by atoms with E-state index < -0.39 is 0 Å². The SMILES string of the molecule is CCn1nc(C)cc1-c1cc(C)cc2nccn12. The molecule has 0 unspecified atom stereocenters. The molecule has 4 nitrogen and oxygen atoms in total. The van der Waals surface area contributed by atoms with Crippen LogP contribution in [0, 0.1) is 13.8 Å². The van der Waals surface area contributed by atoms with Gasteiger partial charge in [0.1, 0.15) is 5.65 Å². The van der Waals surface area contributed by atoms with Crippen molar-refractivity contribution in [3.8, 4) is 11.4 Å². The van der Waals surface area contributed by atoms with Gasteiger partial charge in [0.2, 0.25) is 0 Å². The predicted molar refractivity (Wildman–Crippen MR) is 71.6 cm³/mol. The fourth-order valence-electron chi connectivity index (χ4n) is 2.35. The maximum absolute atomic E-state index is 4.51. The minimum atomic E-state index is 0.868. The second-order valence-electron chi connectivity index (χ2n) is 4.56. The Kier molecular flexibility index (Phi) is 2.44. The van der Waals surface area contributed by atoms with Crippen LogP contribution in [0.4, 0.5) is 0 Å². The summed E-state index contributed by atoms with van der Waals surface area (Å²) in [6, 6.07) is 6.39. The second-order valence-corrected chi connectivity index (χ2v) is 4.56. The van der Waals surface area contributed by atoms with E-state index >= 15 is 0 Å². The van der Waals surface area contributed by atoms with Crippen LogP contribution >= 0.6 is 0 Å². The molecule has 92 valence electrons. The highest BCUT2D eigenvalue weighted by Crippen LogP contribution is 2.23. The summed E-state index contributed by atoms with van der Waals surface area (Å²) in [7, 11) is 0. The van der Waals surface area contributed by atoms with Crippen molar-refractivity contribution < 1.29 is 0 Å². The highest BCUT2D eigenvalue weighted by molar-refractivity contribution is 5.62. The molecule has 0 aliphatic heterocycles. The lowest BCUT2D eigenvalue weighted by Crippen LogP contribution is -2.02. The number of fused-ring (bicyclic) bond motifs is 1. The van der Waals surface area contributed by atoms with Gasteiger partial charge in [0.05, 0.1) is 17.1 Å². The van der Waals surface area contributed by atoms with Crippen LogP contribution in [0.5, 0.6) is 0 Å². The summed E-state index contributed by atoms with van der Waals surface area (Å²) in [4.78, 5) is 4.36. The summed E-state index contributed by atoms with van der Waals surface area (Å²) >= 11 is 0. The highest BCUT2D eigenvalue weighted by Gasteiger charge is 2.11. The quantitative estimate of drug-likeness (QED) is 0.690. The van der Waals surface area contributed by atoms with E-state index in [2.05, 4.69) is 46.5 Å². The van der Waals surface area contributed by atoms with E-state index in [9.17, 15) is 0 Å². The van der Waals surface area contributed by atoms with Crippen LogP contribution in [0.25, 0.3) is 17.0 Å². The van der Waals surface area contributed by atoms with Gasteiger partial charge in [-0.05, 0) is 44.5 Å². The van der Waals surface area contributed by atoms with Crippen LogP contribution in [0.2, 0.25) is 0 Å². The lowest BCUT2D eigenvalue weighted by atomic mass is 10.2. The van der Waals surface area contributed by atoms with Crippen molar-refractivity contribution in [1.29, 1.82) is 0 Å². The summed E-state index contributed by atoms with van der Waals surface area (Å²) in [5, 5.41) is 4.51. The van der Waals surface area contributed by atoms with E-state index in [0.29, 0.717) is 0 Å². The van der Waals surface area contributed by atoms with Gasteiger partial charge >= 0.3 is 0 Å². The third kappa shape index (κ3) is 1.61. The molecule has 0 aliphatic carbocycles. The number of nitrogens with zero attached hydrogens (tertiary/aromatic N) is 4. The van der Waals surface area contributed by atoms with Gasteiger partial charge < -0.3 is 0 Å². The number of hydrogen-bond acceptors (Lipinski definition) is 2. The van der Waals surface area contributed by atoms with Crippen molar-refractivity contribution in [2.24, 2.45) is 0 Å². The molecule has 0 aromatic carbocycles. The molecule has 0 amide bonds. The topological polar surface area (TPSA) is 35.1 Å². The van der Waals surface area contributed by atoms with E-state index in [0.717, 1.165) is 29.3 Å². The lowest BCUT2D eigenvalue weighted by molar-refractivity contribution is 0.658. The van der Waals surface area contributed by atoms with Crippen molar-refractivity contribution in [2.45, 2.75) is 27.3 Å². The first-order valence-electron chi connectivity index (χ1n) is 6.17. The van der Waals surface area contributed by atoms with Gasteiger partial charge in [-0.3, -0.25) is 9.08 Å². The monoisotopic (exact) mass is 240 g/mol. The molecule has 0 radical (unpaired) electrons. The molecule has 0 atom stereocenters. The van der Waals surface area contributed by atoms with Crippen molar-refractivity contribution in [1.82, 2.24) is 19.2 Å². The number of aromatic nitrogens is 4. The molecule has 4 heteroatoms. The smallest absolute Gasteiger partial charge is 0.137 e. The summed E-state index contributed by atoms with van der Waals surface area (Å²) in [5.41, 5.74) is 5.52. The van der Waals surface area contributed by atoms with E-state index in [1.807, 2.05) is 24.0 Å². The van der Waals surface area contributed by atoms with Crippen LogP contribution in [0.1, 0.15) is 18.2 Å². The van der Waals surface area contributed by atoms with E-state index in [4.69, 9.17) is 0 Å². The normalized spacial score (nSPS) is 11.3. The van der Waals surface area contributed by atoms with Crippen molar-refractivity contribution >= 4 is 5.65 Å². The second kappa shape index (κ2) is 3.98.